The number of carbonyl (C=O) groups is 3. The quantitative estimate of drug-likeness (QED) is 0.0321. The molecule has 2 aromatic rings. The molecule has 328 valence electrons. The third kappa shape index (κ3) is 14.7. The van der Waals surface area contributed by atoms with Gasteiger partial charge in [0, 0.05) is 36.6 Å². The van der Waals surface area contributed by atoms with E-state index in [1.807, 2.05) is 0 Å². The molecular formula is C30H44N7O18P3S. The summed E-state index contributed by atoms with van der Waals surface area (Å²) >= 11 is 0.975. The van der Waals surface area contributed by atoms with Crippen LogP contribution in [0.15, 0.2) is 49.1 Å². The Morgan fingerprint density at radius 3 is 2.37 bits per heavy atom. The van der Waals surface area contributed by atoms with Gasteiger partial charge in [-0.25, -0.2) is 28.6 Å². The smallest absolute Gasteiger partial charge is 0.386 e. The highest BCUT2D eigenvalue weighted by Gasteiger charge is 2.50. The number of fused-ring (bicyclic) bond motifs is 1. The lowest BCUT2D eigenvalue weighted by atomic mass is 9.87. The van der Waals surface area contributed by atoms with E-state index in [0.717, 1.165) is 29.0 Å². The maximum absolute atomic E-state index is 12.7. The second-order valence-electron chi connectivity index (χ2n) is 13.4. The summed E-state index contributed by atoms with van der Waals surface area (Å²) in [4.78, 5) is 87.8. The molecule has 0 bridgehead atoms. The number of hydrogen-bond donors (Lipinski definition) is 10. The van der Waals surface area contributed by atoms with Crippen molar-refractivity contribution in [2.45, 2.75) is 57.0 Å². The number of imidazole rings is 1. The summed E-state index contributed by atoms with van der Waals surface area (Å²) < 4.78 is 62.1. The highest BCUT2D eigenvalue weighted by Crippen LogP contribution is 2.61. The van der Waals surface area contributed by atoms with Gasteiger partial charge in [0.15, 0.2) is 17.7 Å². The number of phosphoric ester groups is 3. The Hall–Kier alpha value is -3.26. The number of carbonyl (C=O) groups excluding carboxylic acids is 3. The SMILES string of the molecule is CC(C)(COP(=O)(O)OP(=O)(O)OC[C@H]1O[C@@H](n2cnc3c(N)ncnc32)[C@H](O)[C@@H]1OP(=O)(O)O)[C@@H](O)C(=O)NCCC(=O)NCCSC(=O)/C=C/C1C=CC(O)C=C1. The number of nitrogen functional groups attached to an aromatic ring is 1. The van der Waals surface area contributed by atoms with Crippen LogP contribution in [-0.4, -0.2) is 134 Å². The Morgan fingerprint density at radius 2 is 1.69 bits per heavy atom. The number of hydrogen-bond acceptors (Lipinski definition) is 19. The van der Waals surface area contributed by atoms with Crippen molar-refractivity contribution in [2.24, 2.45) is 11.3 Å². The number of nitrogens with one attached hydrogen (secondary N) is 2. The van der Waals surface area contributed by atoms with Crippen molar-refractivity contribution < 1.29 is 85.6 Å². The van der Waals surface area contributed by atoms with Gasteiger partial charge in [-0.3, -0.25) is 32.5 Å². The van der Waals surface area contributed by atoms with Crippen molar-refractivity contribution in [3.63, 3.8) is 0 Å². The van der Waals surface area contributed by atoms with Gasteiger partial charge in [0.2, 0.25) is 16.9 Å². The van der Waals surface area contributed by atoms with Crippen LogP contribution in [-0.2, 0) is 50.7 Å². The summed E-state index contributed by atoms with van der Waals surface area (Å²) in [5.74, 6) is -1.35. The number of rotatable bonds is 21. The average Bonchev–Trinajstić information content (AvgIpc) is 3.71. The third-order valence-corrected chi connectivity index (χ3v) is 12.2. The first-order chi connectivity index (χ1) is 27.5. The molecule has 0 aromatic carbocycles. The number of aliphatic hydroxyl groups is 3. The van der Waals surface area contributed by atoms with Crippen LogP contribution in [0.5, 0.6) is 0 Å². The molecule has 4 rings (SSSR count). The molecule has 25 nitrogen and oxygen atoms in total. The van der Waals surface area contributed by atoms with Crippen LogP contribution < -0.4 is 16.4 Å². The number of aromatic nitrogens is 4. The first-order valence-corrected chi connectivity index (χ1v) is 22.8. The second-order valence-corrected chi connectivity index (χ2v) is 18.8. The average molecular weight is 916 g/mol. The van der Waals surface area contributed by atoms with E-state index in [-0.39, 0.29) is 53.3 Å². The molecule has 0 saturated carbocycles. The highest BCUT2D eigenvalue weighted by atomic mass is 32.2. The monoisotopic (exact) mass is 915 g/mol. The molecular weight excluding hydrogens is 871 g/mol. The molecule has 1 aliphatic heterocycles. The van der Waals surface area contributed by atoms with E-state index in [4.69, 9.17) is 19.5 Å². The number of amides is 2. The molecule has 1 aliphatic carbocycles. The summed E-state index contributed by atoms with van der Waals surface area (Å²) in [6.45, 7) is 0.368. The number of nitrogens with two attached hydrogens (primary N) is 1. The van der Waals surface area contributed by atoms with E-state index in [1.54, 1.807) is 30.4 Å². The molecule has 2 aromatic heterocycles. The number of anilines is 1. The summed E-state index contributed by atoms with van der Waals surface area (Å²) in [6, 6.07) is 0. The minimum absolute atomic E-state index is 0.0252. The molecule has 1 fully saturated rings. The van der Waals surface area contributed by atoms with E-state index in [1.165, 1.54) is 19.9 Å². The minimum atomic E-state index is -5.58. The van der Waals surface area contributed by atoms with E-state index in [0.29, 0.717) is 0 Å². The van der Waals surface area contributed by atoms with Gasteiger partial charge in [0.25, 0.3) is 0 Å². The number of phosphoric acid groups is 3. The van der Waals surface area contributed by atoms with Crippen molar-refractivity contribution in [1.82, 2.24) is 30.2 Å². The highest BCUT2D eigenvalue weighted by molar-refractivity contribution is 8.14. The molecule has 11 N–H and O–H groups in total. The zero-order chi connectivity index (χ0) is 43.8. The fourth-order valence-corrected chi connectivity index (χ4v) is 8.67. The summed E-state index contributed by atoms with van der Waals surface area (Å²) in [5.41, 5.74) is 4.23. The summed E-state index contributed by atoms with van der Waals surface area (Å²) in [5, 5.41) is 35.5. The van der Waals surface area contributed by atoms with Gasteiger partial charge >= 0.3 is 23.5 Å². The normalized spacial score (nSPS) is 24.8. The lowest BCUT2D eigenvalue weighted by Crippen LogP contribution is -2.46. The maximum atomic E-state index is 12.7. The van der Waals surface area contributed by atoms with Gasteiger partial charge in [0.1, 0.15) is 36.3 Å². The van der Waals surface area contributed by atoms with Crippen LogP contribution in [0.1, 0.15) is 26.5 Å². The minimum Gasteiger partial charge on any atom is -0.386 e. The summed E-state index contributed by atoms with van der Waals surface area (Å²) in [7, 11) is -16.4. The van der Waals surface area contributed by atoms with Crippen molar-refractivity contribution in [3.8, 4) is 0 Å². The molecule has 29 heteroatoms. The van der Waals surface area contributed by atoms with Crippen LogP contribution >= 0.6 is 35.2 Å². The Balaban J connectivity index is 1.20. The Labute approximate surface area is 339 Å². The Bertz CT molecular complexity index is 2050. The van der Waals surface area contributed by atoms with Crippen LogP contribution in [0.4, 0.5) is 5.82 Å². The van der Waals surface area contributed by atoms with Gasteiger partial charge in [-0.1, -0.05) is 56.0 Å². The molecule has 1 saturated heterocycles. The molecule has 59 heavy (non-hydrogen) atoms. The van der Waals surface area contributed by atoms with Crippen molar-refractivity contribution >= 4 is 69.1 Å². The fraction of sp³-hybridized carbons (Fsp3) is 0.533. The lowest BCUT2D eigenvalue weighted by Gasteiger charge is -2.30. The van der Waals surface area contributed by atoms with Crippen LogP contribution in [0.2, 0.25) is 0 Å². The predicted molar refractivity (Wildman–Crippen MR) is 204 cm³/mol. The van der Waals surface area contributed by atoms with Crippen LogP contribution in [0, 0.1) is 11.3 Å². The first-order valence-electron chi connectivity index (χ1n) is 17.3. The maximum Gasteiger partial charge on any atom is 0.481 e. The topological polar surface area (TPSA) is 384 Å². The van der Waals surface area contributed by atoms with Crippen LogP contribution in [0.3, 0.4) is 0 Å². The van der Waals surface area contributed by atoms with Crippen molar-refractivity contribution in [2.75, 3.05) is 37.8 Å². The van der Waals surface area contributed by atoms with Gasteiger partial charge < -0.3 is 56.0 Å². The zero-order valence-corrected chi connectivity index (χ0v) is 34.6. The van der Waals surface area contributed by atoms with E-state index < -0.39 is 90.7 Å². The van der Waals surface area contributed by atoms with E-state index >= 15 is 0 Å². The molecule has 2 unspecified atom stereocenters. The molecule has 0 radical (unpaired) electrons. The van der Waals surface area contributed by atoms with Gasteiger partial charge in [-0.05, 0) is 6.08 Å². The molecule has 7 atom stereocenters. The third-order valence-electron chi connectivity index (χ3n) is 8.26. The molecule has 2 amide bonds. The van der Waals surface area contributed by atoms with Crippen molar-refractivity contribution in [1.29, 1.82) is 0 Å². The van der Waals surface area contributed by atoms with Gasteiger partial charge in [-0.2, -0.15) is 4.31 Å². The Morgan fingerprint density at radius 1 is 1.02 bits per heavy atom. The lowest BCUT2D eigenvalue weighted by molar-refractivity contribution is -0.137. The largest absolute Gasteiger partial charge is 0.481 e. The fourth-order valence-electron chi connectivity index (χ4n) is 5.26. The van der Waals surface area contributed by atoms with Crippen LogP contribution in [0.25, 0.3) is 11.2 Å². The zero-order valence-electron chi connectivity index (χ0n) is 31.1. The number of aliphatic hydroxyl groups excluding tert-OH is 3. The molecule has 3 heterocycles. The standard InChI is InChI=1S/C30H44N7O18P3S/c1-30(2,25(42)28(43)33-10-9-20(39)32-11-12-59-21(40)8-5-17-3-6-18(38)7-4-17)14-52-58(49,50)55-57(47,48)51-13-19-24(54-56(44,45)46)23(41)29(53-19)37-16-36-22-26(31)34-15-35-27(22)37/h3-8,15-19,23-25,29,38,41-42H,9-14H2,1-2H3,(H,32,39)(H,33,43)(H,47,48)(H,49,50)(H2,31,34,35)(H2,44,45,46)/b8-5+/t17?,18?,19-,23-,24-,25+,29-/m1/s1. The predicted octanol–water partition coefficient (Wildman–Crippen LogP) is -0.676. The van der Waals surface area contributed by atoms with E-state index in [2.05, 4.69) is 34.4 Å². The first kappa shape index (κ1) is 48.4. The number of ether oxygens (including phenoxy) is 1. The van der Waals surface area contributed by atoms with Gasteiger partial charge in [-0.15, -0.1) is 0 Å². The summed E-state index contributed by atoms with van der Waals surface area (Å²) in [6.07, 6.45) is 2.11. The number of thioether (sulfide) groups is 1. The molecule has 2 aliphatic rings. The molecule has 0 spiro atoms. The van der Waals surface area contributed by atoms with E-state index in [9.17, 15) is 63.0 Å². The van der Waals surface area contributed by atoms with Crippen molar-refractivity contribution in [3.05, 3.63) is 49.1 Å². The Kier molecular flexibility index (Phi) is 16.8. The number of nitrogens with zero attached hydrogens (tertiary/aromatic N) is 4. The number of allylic oxidation sites excluding steroid dienone is 3. The van der Waals surface area contributed by atoms with Gasteiger partial charge in [0.05, 0.1) is 25.6 Å². The second kappa shape index (κ2) is 20.5.